The molecule has 0 spiro atoms. The maximum atomic E-state index is 12.5. The van der Waals surface area contributed by atoms with Crippen molar-refractivity contribution in [1.82, 2.24) is 19.4 Å². The number of carbonyl (C=O) groups excluding carboxylic acids is 1. The van der Waals surface area contributed by atoms with E-state index in [4.69, 9.17) is 0 Å². The Bertz CT molecular complexity index is 1170. The lowest BCUT2D eigenvalue weighted by Crippen LogP contribution is -2.21. The topological polar surface area (TPSA) is 71.0 Å². The highest BCUT2D eigenvalue weighted by Crippen LogP contribution is 2.29. The van der Waals surface area contributed by atoms with Gasteiger partial charge in [0.25, 0.3) is 11.5 Å². The standard InChI is InChI=1S/C21H18N4O2/c1-24(2)21(27)15-8-10-16(11-9-15)25-12-17(14-6-4-3-5-7-14)18-19(25)22-13-23-20(18)26/h3-13H,1-2H3,(H,22,23,26). The van der Waals surface area contributed by atoms with Crippen molar-refractivity contribution in [3.05, 3.63) is 83.0 Å². The van der Waals surface area contributed by atoms with E-state index in [9.17, 15) is 9.59 Å². The van der Waals surface area contributed by atoms with Crippen LogP contribution in [0.1, 0.15) is 10.4 Å². The highest BCUT2D eigenvalue weighted by atomic mass is 16.2. The molecule has 0 fully saturated rings. The van der Waals surface area contributed by atoms with Crippen LogP contribution in [0.25, 0.3) is 27.8 Å². The molecule has 134 valence electrons. The lowest BCUT2D eigenvalue weighted by molar-refractivity contribution is 0.0827. The molecule has 2 aromatic carbocycles. The predicted molar refractivity (Wildman–Crippen MR) is 105 cm³/mol. The first-order valence-corrected chi connectivity index (χ1v) is 8.52. The molecule has 2 aromatic heterocycles. The molecular weight excluding hydrogens is 340 g/mol. The van der Waals surface area contributed by atoms with Crippen LogP contribution in [0.4, 0.5) is 0 Å². The summed E-state index contributed by atoms with van der Waals surface area (Å²) in [4.78, 5) is 33.2. The number of nitrogens with zero attached hydrogens (tertiary/aromatic N) is 3. The van der Waals surface area contributed by atoms with Gasteiger partial charge in [-0.3, -0.25) is 9.59 Å². The zero-order valence-electron chi connectivity index (χ0n) is 15.0. The zero-order chi connectivity index (χ0) is 19.0. The molecule has 1 N–H and O–H groups in total. The second-order valence-corrected chi connectivity index (χ2v) is 6.46. The minimum absolute atomic E-state index is 0.0570. The largest absolute Gasteiger partial charge is 0.345 e. The molecule has 0 aliphatic carbocycles. The molecule has 1 amide bonds. The van der Waals surface area contributed by atoms with Crippen molar-refractivity contribution >= 4 is 16.9 Å². The van der Waals surface area contributed by atoms with Gasteiger partial charge in [0, 0.05) is 37.1 Å². The first kappa shape index (κ1) is 16.8. The van der Waals surface area contributed by atoms with Gasteiger partial charge in [0.1, 0.15) is 0 Å². The monoisotopic (exact) mass is 358 g/mol. The summed E-state index contributed by atoms with van der Waals surface area (Å²) >= 11 is 0. The van der Waals surface area contributed by atoms with E-state index in [0.29, 0.717) is 16.6 Å². The van der Waals surface area contributed by atoms with Crippen LogP contribution in [0.3, 0.4) is 0 Å². The third-order valence-corrected chi connectivity index (χ3v) is 4.47. The molecule has 6 heteroatoms. The molecule has 2 heterocycles. The number of nitrogens with one attached hydrogen (secondary N) is 1. The van der Waals surface area contributed by atoms with E-state index in [-0.39, 0.29) is 11.5 Å². The van der Waals surface area contributed by atoms with Gasteiger partial charge in [-0.1, -0.05) is 30.3 Å². The number of benzene rings is 2. The van der Waals surface area contributed by atoms with Crippen LogP contribution in [-0.4, -0.2) is 39.4 Å². The van der Waals surface area contributed by atoms with Gasteiger partial charge in [0.05, 0.1) is 11.7 Å². The Kier molecular flexibility index (Phi) is 4.08. The first-order valence-electron chi connectivity index (χ1n) is 8.52. The fraction of sp³-hybridized carbons (Fsp3) is 0.0952. The summed E-state index contributed by atoms with van der Waals surface area (Å²) in [6, 6.07) is 17.0. The fourth-order valence-corrected chi connectivity index (χ4v) is 3.13. The number of amides is 1. The Labute approximate surface area is 155 Å². The number of fused-ring (bicyclic) bond motifs is 1. The van der Waals surface area contributed by atoms with Crippen LogP contribution in [0.2, 0.25) is 0 Å². The van der Waals surface area contributed by atoms with E-state index >= 15 is 0 Å². The first-order chi connectivity index (χ1) is 13.1. The number of carbonyl (C=O) groups is 1. The van der Waals surface area contributed by atoms with Crippen molar-refractivity contribution in [2.24, 2.45) is 0 Å². The molecule has 0 unspecified atom stereocenters. The Morgan fingerprint density at radius 1 is 1.04 bits per heavy atom. The number of hydrogen-bond acceptors (Lipinski definition) is 3. The summed E-state index contributed by atoms with van der Waals surface area (Å²) in [7, 11) is 3.44. The van der Waals surface area contributed by atoms with Gasteiger partial charge in [0.2, 0.25) is 0 Å². The average Bonchev–Trinajstić information content (AvgIpc) is 3.09. The third kappa shape index (κ3) is 2.91. The van der Waals surface area contributed by atoms with Crippen LogP contribution in [0, 0.1) is 0 Å². The lowest BCUT2D eigenvalue weighted by atomic mass is 10.1. The number of rotatable bonds is 3. The summed E-state index contributed by atoms with van der Waals surface area (Å²) in [5.74, 6) is -0.0570. The predicted octanol–water partition coefficient (Wildman–Crippen LogP) is 3.08. The van der Waals surface area contributed by atoms with Gasteiger partial charge in [-0.05, 0) is 29.8 Å². The Hall–Kier alpha value is -3.67. The van der Waals surface area contributed by atoms with Crippen molar-refractivity contribution in [3.63, 3.8) is 0 Å². The van der Waals surface area contributed by atoms with E-state index in [2.05, 4.69) is 9.97 Å². The van der Waals surface area contributed by atoms with Gasteiger partial charge in [0.15, 0.2) is 5.65 Å². The number of aromatic nitrogens is 3. The summed E-state index contributed by atoms with van der Waals surface area (Å²) < 4.78 is 1.87. The molecule has 0 aliphatic rings. The van der Waals surface area contributed by atoms with Crippen molar-refractivity contribution in [1.29, 1.82) is 0 Å². The average molecular weight is 358 g/mol. The van der Waals surface area contributed by atoms with Crippen LogP contribution in [-0.2, 0) is 0 Å². The van der Waals surface area contributed by atoms with Crippen molar-refractivity contribution in [3.8, 4) is 16.8 Å². The van der Waals surface area contributed by atoms with Gasteiger partial charge >= 0.3 is 0 Å². The van der Waals surface area contributed by atoms with Gasteiger partial charge < -0.3 is 14.5 Å². The second-order valence-electron chi connectivity index (χ2n) is 6.46. The molecule has 0 saturated carbocycles. The Morgan fingerprint density at radius 3 is 2.41 bits per heavy atom. The number of hydrogen-bond donors (Lipinski definition) is 1. The molecule has 0 aliphatic heterocycles. The molecule has 6 nitrogen and oxygen atoms in total. The summed E-state index contributed by atoms with van der Waals surface area (Å²) in [6.07, 6.45) is 3.31. The van der Waals surface area contributed by atoms with E-state index in [1.807, 2.05) is 53.2 Å². The molecule has 0 saturated heterocycles. The minimum atomic E-state index is -0.183. The quantitative estimate of drug-likeness (QED) is 0.612. The van der Waals surface area contributed by atoms with Crippen LogP contribution in [0.5, 0.6) is 0 Å². The lowest BCUT2D eigenvalue weighted by Gasteiger charge is -2.11. The van der Waals surface area contributed by atoms with Crippen molar-refractivity contribution < 1.29 is 4.79 Å². The maximum absolute atomic E-state index is 12.5. The molecular formula is C21H18N4O2. The van der Waals surface area contributed by atoms with E-state index in [1.54, 1.807) is 26.2 Å². The Balaban J connectivity index is 1.90. The fourth-order valence-electron chi connectivity index (χ4n) is 3.13. The molecule has 4 aromatic rings. The maximum Gasteiger partial charge on any atom is 0.260 e. The summed E-state index contributed by atoms with van der Waals surface area (Å²) in [5, 5.41) is 0.539. The smallest absolute Gasteiger partial charge is 0.260 e. The molecule has 0 atom stereocenters. The second kappa shape index (κ2) is 6.57. The zero-order valence-corrected chi connectivity index (χ0v) is 15.0. The molecule has 4 rings (SSSR count). The van der Waals surface area contributed by atoms with Crippen molar-refractivity contribution in [2.45, 2.75) is 0 Å². The van der Waals surface area contributed by atoms with E-state index < -0.39 is 0 Å². The third-order valence-electron chi connectivity index (χ3n) is 4.47. The normalized spacial score (nSPS) is 10.9. The van der Waals surface area contributed by atoms with E-state index in [0.717, 1.165) is 16.8 Å². The van der Waals surface area contributed by atoms with Gasteiger partial charge in [-0.25, -0.2) is 4.98 Å². The molecule has 0 bridgehead atoms. The van der Waals surface area contributed by atoms with Crippen LogP contribution < -0.4 is 5.56 Å². The Morgan fingerprint density at radius 2 is 1.74 bits per heavy atom. The highest BCUT2D eigenvalue weighted by Gasteiger charge is 2.16. The summed E-state index contributed by atoms with van der Waals surface area (Å²) in [6.45, 7) is 0. The molecule has 27 heavy (non-hydrogen) atoms. The van der Waals surface area contributed by atoms with Crippen LogP contribution >= 0.6 is 0 Å². The summed E-state index contributed by atoms with van der Waals surface area (Å²) in [5.41, 5.74) is 3.58. The van der Waals surface area contributed by atoms with E-state index in [1.165, 1.54) is 11.2 Å². The van der Waals surface area contributed by atoms with Gasteiger partial charge in [-0.15, -0.1) is 0 Å². The number of aromatic amines is 1. The number of H-pyrrole nitrogens is 1. The van der Waals surface area contributed by atoms with Crippen LogP contribution in [0.15, 0.2) is 71.9 Å². The van der Waals surface area contributed by atoms with Gasteiger partial charge in [-0.2, -0.15) is 0 Å². The SMILES string of the molecule is CN(C)C(=O)c1ccc(-n2cc(-c3ccccc3)c3c(=O)[nH]cnc32)cc1. The van der Waals surface area contributed by atoms with Crippen molar-refractivity contribution in [2.75, 3.05) is 14.1 Å². The molecule has 0 radical (unpaired) electrons. The minimum Gasteiger partial charge on any atom is -0.345 e. The highest BCUT2D eigenvalue weighted by molar-refractivity contribution is 5.95.